The third kappa shape index (κ3) is 4.86. The predicted octanol–water partition coefficient (Wildman–Crippen LogP) is 2.99. The first-order valence-corrected chi connectivity index (χ1v) is 8.35. The zero-order valence-electron chi connectivity index (χ0n) is 13.4. The van der Waals surface area contributed by atoms with Crippen molar-refractivity contribution in [3.8, 4) is 0 Å². The van der Waals surface area contributed by atoms with Crippen LogP contribution in [0.25, 0.3) is 0 Å². The van der Waals surface area contributed by atoms with Crippen LogP contribution in [0.5, 0.6) is 0 Å². The zero-order valence-corrected chi connectivity index (χ0v) is 13.4. The van der Waals surface area contributed by atoms with Gasteiger partial charge in [-0.25, -0.2) is 0 Å². The molecule has 2 rings (SSSR count). The second-order valence-corrected chi connectivity index (χ2v) is 5.99. The molecule has 1 fully saturated rings. The molecule has 0 atom stereocenters. The van der Waals surface area contributed by atoms with Crippen molar-refractivity contribution in [2.24, 2.45) is 0 Å². The van der Waals surface area contributed by atoms with Gasteiger partial charge in [0, 0.05) is 12.1 Å². The van der Waals surface area contributed by atoms with Crippen molar-refractivity contribution < 1.29 is 9.59 Å². The molecule has 1 aromatic carbocycles. The number of carbonyl (C=O) groups excluding carboxylic acids is 2. The molecule has 0 radical (unpaired) electrons. The van der Waals surface area contributed by atoms with Crippen LogP contribution < -0.4 is 10.6 Å². The van der Waals surface area contributed by atoms with E-state index in [1.165, 1.54) is 37.7 Å². The average Bonchev–Trinajstić information content (AvgIpc) is 2.58. The van der Waals surface area contributed by atoms with E-state index < -0.39 is 0 Å². The Morgan fingerprint density at radius 3 is 2.36 bits per heavy atom. The molecule has 1 saturated carbocycles. The lowest BCUT2D eigenvalue weighted by atomic mass is 9.84. The molecule has 0 spiro atoms. The highest BCUT2D eigenvalue weighted by Crippen LogP contribution is 2.32. The summed E-state index contributed by atoms with van der Waals surface area (Å²) in [5.74, 6) is 0.307. The molecule has 0 aromatic heterocycles. The van der Waals surface area contributed by atoms with E-state index in [2.05, 4.69) is 22.8 Å². The van der Waals surface area contributed by atoms with Gasteiger partial charge in [-0.15, -0.1) is 0 Å². The lowest BCUT2D eigenvalue weighted by Gasteiger charge is -2.22. The molecular formula is C18H26N2O2. The first-order valence-electron chi connectivity index (χ1n) is 8.35. The van der Waals surface area contributed by atoms with Crippen molar-refractivity contribution in [2.75, 3.05) is 13.1 Å². The third-order valence-electron chi connectivity index (χ3n) is 4.23. The van der Waals surface area contributed by atoms with E-state index in [0.717, 1.165) is 6.42 Å². The average molecular weight is 302 g/mol. The smallest absolute Gasteiger partial charge is 0.251 e. The van der Waals surface area contributed by atoms with Gasteiger partial charge in [0.05, 0.1) is 6.54 Å². The number of benzene rings is 1. The minimum Gasteiger partial charge on any atom is -0.355 e. The molecule has 22 heavy (non-hydrogen) atoms. The van der Waals surface area contributed by atoms with E-state index >= 15 is 0 Å². The number of hydrogen-bond donors (Lipinski definition) is 2. The van der Waals surface area contributed by atoms with Gasteiger partial charge in [-0.2, -0.15) is 0 Å². The van der Waals surface area contributed by atoms with Crippen molar-refractivity contribution in [2.45, 2.75) is 51.4 Å². The van der Waals surface area contributed by atoms with Crippen LogP contribution in [-0.4, -0.2) is 24.9 Å². The van der Waals surface area contributed by atoms with Crippen LogP contribution in [0, 0.1) is 0 Å². The lowest BCUT2D eigenvalue weighted by Crippen LogP contribution is -2.37. The van der Waals surface area contributed by atoms with Crippen molar-refractivity contribution in [1.29, 1.82) is 0 Å². The maximum Gasteiger partial charge on any atom is 0.251 e. The van der Waals surface area contributed by atoms with E-state index in [-0.39, 0.29) is 18.4 Å². The Hall–Kier alpha value is -1.84. The van der Waals surface area contributed by atoms with Gasteiger partial charge in [-0.05, 0) is 42.9 Å². The van der Waals surface area contributed by atoms with Crippen LogP contribution in [0.3, 0.4) is 0 Å². The van der Waals surface area contributed by atoms with Gasteiger partial charge in [0.15, 0.2) is 0 Å². The van der Waals surface area contributed by atoms with Crippen molar-refractivity contribution in [3.63, 3.8) is 0 Å². The normalized spacial score (nSPS) is 15.3. The summed E-state index contributed by atoms with van der Waals surface area (Å²) in [6, 6.07) is 7.84. The van der Waals surface area contributed by atoms with Gasteiger partial charge < -0.3 is 10.6 Å². The molecule has 4 heteroatoms. The summed E-state index contributed by atoms with van der Waals surface area (Å²) in [6.45, 7) is 2.67. The maximum absolute atomic E-state index is 12.0. The number of rotatable bonds is 6. The van der Waals surface area contributed by atoms with Crippen molar-refractivity contribution >= 4 is 11.8 Å². The second-order valence-electron chi connectivity index (χ2n) is 5.99. The Bertz CT molecular complexity index is 490. The molecule has 0 bridgehead atoms. The fourth-order valence-electron chi connectivity index (χ4n) is 2.93. The SMILES string of the molecule is CCCNC(=O)CNC(=O)c1ccc(C2CCCCC2)cc1. The molecule has 2 amide bonds. The van der Waals surface area contributed by atoms with E-state index in [9.17, 15) is 9.59 Å². The van der Waals surface area contributed by atoms with E-state index in [1.807, 2.05) is 19.1 Å². The highest BCUT2D eigenvalue weighted by Gasteiger charge is 2.16. The minimum absolute atomic E-state index is 0.0310. The fourth-order valence-corrected chi connectivity index (χ4v) is 2.93. The Kier molecular flexibility index (Phi) is 6.44. The summed E-state index contributed by atoms with van der Waals surface area (Å²) in [5, 5.41) is 5.39. The van der Waals surface area contributed by atoms with Gasteiger partial charge in [-0.1, -0.05) is 38.3 Å². The number of amides is 2. The van der Waals surface area contributed by atoms with Gasteiger partial charge in [0.25, 0.3) is 5.91 Å². The molecule has 4 nitrogen and oxygen atoms in total. The minimum atomic E-state index is -0.193. The van der Waals surface area contributed by atoms with Crippen LogP contribution in [0.2, 0.25) is 0 Å². The third-order valence-corrected chi connectivity index (χ3v) is 4.23. The molecule has 1 aromatic rings. The van der Waals surface area contributed by atoms with Crippen LogP contribution in [0.1, 0.15) is 67.3 Å². The Balaban J connectivity index is 1.84. The summed E-state index contributed by atoms with van der Waals surface area (Å²) in [4.78, 5) is 23.5. The largest absolute Gasteiger partial charge is 0.355 e. The standard InChI is InChI=1S/C18H26N2O2/c1-2-12-19-17(21)13-20-18(22)16-10-8-15(9-11-16)14-6-4-3-5-7-14/h8-11,14H,2-7,12-13H2,1H3,(H,19,21)(H,20,22). The maximum atomic E-state index is 12.0. The van der Waals surface area contributed by atoms with Crippen LogP contribution in [0.4, 0.5) is 0 Å². The number of hydrogen-bond acceptors (Lipinski definition) is 2. The first kappa shape index (κ1) is 16.5. The van der Waals surface area contributed by atoms with Crippen molar-refractivity contribution in [1.82, 2.24) is 10.6 Å². The highest BCUT2D eigenvalue weighted by atomic mass is 16.2. The zero-order chi connectivity index (χ0) is 15.8. The molecule has 0 heterocycles. The van der Waals surface area contributed by atoms with Crippen molar-refractivity contribution in [3.05, 3.63) is 35.4 Å². The molecule has 0 unspecified atom stereocenters. The van der Waals surface area contributed by atoms with E-state index in [4.69, 9.17) is 0 Å². The molecule has 0 aliphatic heterocycles. The predicted molar refractivity (Wildman–Crippen MR) is 87.9 cm³/mol. The van der Waals surface area contributed by atoms with Gasteiger partial charge in [0.2, 0.25) is 5.91 Å². The fraction of sp³-hybridized carbons (Fsp3) is 0.556. The monoisotopic (exact) mass is 302 g/mol. The summed E-state index contributed by atoms with van der Waals surface area (Å²) in [6.07, 6.45) is 7.35. The topological polar surface area (TPSA) is 58.2 Å². The molecule has 2 N–H and O–H groups in total. The van der Waals surface area contributed by atoms with Gasteiger partial charge in [-0.3, -0.25) is 9.59 Å². The number of carbonyl (C=O) groups is 2. The Labute approximate surface area is 132 Å². The molecule has 1 aliphatic rings. The molecule has 1 aliphatic carbocycles. The molecule has 120 valence electrons. The second kappa shape index (κ2) is 8.57. The summed E-state index contributed by atoms with van der Waals surface area (Å²) in [7, 11) is 0. The summed E-state index contributed by atoms with van der Waals surface area (Å²) in [5.41, 5.74) is 1.94. The molecular weight excluding hydrogens is 276 g/mol. The quantitative estimate of drug-likeness (QED) is 0.848. The number of nitrogens with one attached hydrogen (secondary N) is 2. The van der Waals surface area contributed by atoms with Gasteiger partial charge >= 0.3 is 0 Å². The summed E-state index contributed by atoms with van der Waals surface area (Å²) >= 11 is 0. The van der Waals surface area contributed by atoms with E-state index in [0.29, 0.717) is 18.0 Å². The van der Waals surface area contributed by atoms with Crippen LogP contribution in [0.15, 0.2) is 24.3 Å². The Morgan fingerprint density at radius 2 is 1.73 bits per heavy atom. The first-order chi connectivity index (χ1) is 10.7. The Morgan fingerprint density at radius 1 is 1.05 bits per heavy atom. The van der Waals surface area contributed by atoms with E-state index in [1.54, 1.807) is 0 Å². The lowest BCUT2D eigenvalue weighted by molar-refractivity contribution is -0.120. The molecule has 0 saturated heterocycles. The van der Waals surface area contributed by atoms with Crippen LogP contribution >= 0.6 is 0 Å². The summed E-state index contributed by atoms with van der Waals surface area (Å²) < 4.78 is 0. The van der Waals surface area contributed by atoms with Crippen LogP contribution in [-0.2, 0) is 4.79 Å². The highest BCUT2D eigenvalue weighted by molar-refractivity contribution is 5.96. The van der Waals surface area contributed by atoms with Gasteiger partial charge in [0.1, 0.15) is 0 Å².